The largest absolute Gasteiger partial charge is 0.454 e. The molecule has 1 atom stereocenters. The summed E-state index contributed by atoms with van der Waals surface area (Å²) in [7, 11) is 0. The molecule has 0 saturated carbocycles. The number of rotatable bonds is 4. The number of aromatic nitrogens is 1. The molecule has 1 aromatic carbocycles. The highest BCUT2D eigenvalue weighted by Gasteiger charge is 2.22. The predicted octanol–water partition coefficient (Wildman–Crippen LogP) is 2.23. The lowest BCUT2D eigenvalue weighted by molar-refractivity contribution is -0.121. The van der Waals surface area contributed by atoms with E-state index in [0.717, 1.165) is 47.6 Å². The van der Waals surface area contributed by atoms with Crippen LogP contribution in [0.15, 0.2) is 35.1 Å². The third-order valence-corrected chi connectivity index (χ3v) is 4.74. The van der Waals surface area contributed by atoms with Crippen LogP contribution in [0.3, 0.4) is 0 Å². The van der Waals surface area contributed by atoms with Crippen LogP contribution in [-0.4, -0.2) is 17.7 Å². The number of aryl methyl sites for hydroxylation is 2. The minimum Gasteiger partial charge on any atom is -0.454 e. The number of hydrogen-bond donors (Lipinski definition) is 2. The second-order valence-electron chi connectivity index (χ2n) is 6.46. The van der Waals surface area contributed by atoms with Crippen molar-refractivity contribution in [1.82, 2.24) is 10.3 Å². The first kappa shape index (κ1) is 15.7. The van der Waals surface area contributed by atoms with Gasteiger partial charge < -0.3 is 19.8 Å². The summed E-state index contributed by atoms with van der Waals surface area (Å²) in [6.45, 7) is 0.252. The number of aromatic amines is 1. The summed E-state index contributed by atoms with van der Waals surface area (Å²) in [6.07, 6.45) is 3.77. The fourth-order valence-corrected chi connectivity index (χ4v) is 3.47. The number of carbonyl (C=O) groups is 1. The van der Waals surface area contributed by atoms with Crippen LogP contribution in [-0.2, 0) is 17.6 Å². The summed E-state index contributed by atoms with van der Waals surface area (Å²) < 4.78 is 10.7. The van der Waals surface area contributed by atoms with Crippen molar-refractivity contribution in [2.45, 2.75) is 38.1 Å². The number of carbonyl (C=O) groups excluding carboxylic acids is 1. The molecule has 0 fully saturated rings. The van der Waals surface area contributed by atoms with Gasteiger partial charge in [0.25, 0.3) is 0 Å². The molecule has 1 amide bonds. The summed E-state index contributed by atoms with van der Waals surface area (Å²) in [4.78, 5) is 26.7. The van der Waals surface area contributed by atoms with E-state index >= 15 is 0 Å². The van der Waals surface area contributed by atoms with E-state index in [2.05, 4.69) is 10.3 Å². The van der Waals surface area contributed by atoms with Crippen LogP contribution in [0.25, 0.3) is 0 Å². The van der Waals surface area contributed by atoms with Gasteiger partial charge in [0.2, 0.25) is 18.3 Å². The molecule has 0 radical (unpaired) electrons. The van der Waals surface area contributed by atoms with E-state index in [4.69, 9.17) is 9.47 Å². The Hall–Kier alpha value is -2.76. The van der Waals surface area contributed by atoms with Gasteiger partial charge in [-0.2, -0.15) is 0 Å². The molecule has 2 N–H and O–H groups in total. The average Bonchev–Trinajstić information content (AvgIpc) is 3.07. The Morgan fingerprint density at radius 2 is 2.08 bits per heavy atom. The van der Waals surface area contributed by atoms with Gasteiger partial charge in [-0.05, 0) is 55.0 Å². The first-order valence-electron chi connectivity index (χ1n) is 8.59. The van der Waals surface area contributed by atoms with Gasteiger partial charge in [0, 0.05) is 18.2 Å². The number of nitrogens with one attached hydrogen (secondary N) is 2. The number of fused-ring (bicyclic) bond motifs is 2. The number of H-pyrrole nitrogens is 1. The van der Waals surface area contributed by atoms with Crippen molar-refractivity contribution in [3.05, 3.63) is 57.5 Å². The summed E-state index contributed by atoms with van der Waals surface area (Å²) in [6, 6.07) is 9.09. The van der Waals surface area contributed by atoms with E-state index < -0.39 is 0 Å². The Balaban J connectivity index is 1.38. The van der Waals surface area contributed by atoms with E-state index in [-0.39, 0.29) is 24.3 Å². The Morgan fingerprint density at radius 3 is 3.00 bits per heavy atom. The van der Waals surface area contributed by atoms with Gasteiger partial charge in [-0.1, -0.05) is 6.07 Å². The SMILES string of the molecule is O=C(CCc1ccc2c(c1)OCO2)N[C@@H]1CCCc2[nH]c(=O)ccc21. The Bertz CT molecular complexity index is 859. The van der Waals surface area contributed by atoms with E-state index in [1.165, 1.54) is 6.07 Å². The molecule has 25 heavy (non-hydrogen) atoms. The molecule has 2 aromatic rings. The van der Waals surface area contributed by atoms with Crippen LogP contribution >= 0.6 is 0 Å². The van der Waals surface area contributed by atoms with Crippen LogP contribution in [0.2, 0.25) is 0 Å². The van der Waals surface area contributed by atoms with Gasteiger partial charge >= 0.3 is 0 Å². The first-order valence-corrected chi connectivity index (χ1v) is 8.59. The highest BCUT2D eigenvalue weighted by atomic mass is 16.7. The molecule has 6 heteroatoms. The summed E-state index contributed by atoms with van der Waals surface area (Å²) in [5.74, 6) is 1.51. The van der Waals surface area contributed by atoms with Crippen molar-refractivity contribution in [1.29, 1.82) is 0 Å². The van der Waals surface area contributed by atoms with Gasteiger partial charge in [-0.3, -0.25) is 9.59 Å². The first-order chi connectivity index (χ1) is 12.2. The van der Waals surface area contributed by atoms with Crippen molar-refractivity contribution in [2.24, 2.45) is 0 Å². The monoisotopic (exact) mass is 340 g/mol. The van der Waals surface area contributed by atoms with E-state index in [1.54, 1.807) is 0 Å². The van der Waals surface area contributed by atoms with Crippen LogP contribution in [0, 0.1) is 0 Å². The topological polar surface area (TPSA) is 80.4 Å². The molecule has 0 unspecified atom stereocenters. The van der Waals surface area contributed by atoms with Crippen LogP contribution < -0.4 is 20.3 Å². The lowest BCUT2D eigenvalue weighted by Crippen LogP contribution is -2.32. The quantitative estimate of drug-likeness (QED) is 0.894. The molecule has 4 rings (SSSR count). The normalized spacial score (nSPS) is 17.8. The standard InChI is InChI=1S/C19H20N2O4/c22-18(8-5-12-4-7-16-17(10-12)25-11-24-16)20-14-2-1-3-15-13(14)6-9-19(23)21-15/h4,6-7,9-10,14H,1-3,5,8,11H2,(H,20,22)(H,21,23)/t14-/m1/s1. The number of benzene rings is 1. The highest BCUT2D eigenvalue weighted by Crippen LogP contribution is 2.33. The third-order valence-electron chi connectivity index (χ3n) is 4.74. The molecule has 0 spiro atoms. The second-order valence-corrected chi connectivity index (χ2v) is 6.46. The molecular weight excluding hydrogens is 320 g/mol. The molecule has 0 saturated heterocycles. The molecule has 1 aliphatic heterocycles. The van der Waals surface area contributed by atoms with Crippen molar-refractivity contribution in [2.75, 3.05) is 6.79 Å². The molecule has 2 aliphatic rings. The van der Waals surface area contributed by atoms with Crippen molar-refractivity contribution in [3.63, 3.8) is 0 Å². The lowest BCUT2D eigenvalue weighted by Gasteiger charge is -2.25. The molecule has 1 aliphatic carbocycles. The van der Waals surface area contributed by atoms with Crippen molar-refractivity contribution in [3.8, 4) is 11.5 Å². The Kier molecular flexibility index (Phi) is 4.17. The Morgan fingerprint density at radius 1 is 1.20 bits per heavy atom. The number of amides is 1. The highest BCUT2D eigenvalue weighted by molar-refractivity contribution is 5.76. The fourth-order valence-electron chi connectivity index (χ4n) is 3.47. The van der Waals surface area contributed by atoms with Crippen LogP contribution in [0.5, 0.6) is 11.5 Å². The smallest absolute Gasteiger partial charge is 0.248 e. The molecule has 2 heterocycles. The zero-order chi connectivity index (χ0) is 17.2. The zero-order valence-electron chi connectivity index (χ0n) is 13.8. The number of pyridine rings is 1. The molecule has 1 aromatic heterocycles. The zero-order valence-corrected chi connectivity index (χ0v) is 13.8. The minimum absolute atomic E-state index is 0.0155. The maximum atomic E-state index is 12.4. The maximum Gasteiger partial charge on any atom is 0.248 e. The lowest BCUT2D eigenvalue weighted by atomic mass is 9.91. The number of ether oxygens (including phenoxy) is 2. The van der Waals surface area contributed by atoms with Crippen molar-refractivity contribution >= 4 is 5.91 Å². The molecular formula is C19H20N2O4. The van der Waals surface area contributed by atoms with Gasteiger partial charge in [0.05, 0.1) is 6.04 Å². The molecule has 0 bridgehead atoms. The third kappa shape index (κ3) is 3.38. The summed E-state index contributed by atoms with van der Waals surface area (Å²) in [5.41, 5.74) is 2.93. The maximum absolute atomic E-state index is 12.4. The van der Waals surface area contributed by atoms with Gasteiger partial charge in [0.1, 0.15) is 0 Å². The summed E-state index contributed by atoms with van der Waals surface area (Å²) >= 11 is 0. The van der Waals surface area contributed by atoms with Crippen LogP contribution in [0.4, 0.5) is 0 Å². The fraction of sp³-hybridized carbons (Fsp3) is 0.368. The minimum atomic E-state index is -0.0893. The average molecular weight is 340 g/mol. The van der Waals surface area contributed by atoms with E-state index in [1.807, 2.05) is 24.3 Å². The second kappa shape index (κ2) is 6.63. The summed E-state index contributed by atoms with van der Waals surface area (Å²) in [5, 5.41) is 3.10. The molecule has 130 valence electrons. The van der Waals surface area contributed by atoms with Crippen LogP contribution in [0.1, 0.15) is 42.1 Å². The Labute approximate surface area is 145 Å². The number of hydrogen-bond acceptors (Lipinski definition) is 4. The van der Waals surface area contributed by atoms with Gasteiger partial charge in [0.15, 0.2) is 11.5 Å². The van der Waals surface area contributed by atoms with Gasteiger partial charge in [-0.25, -0.2) is 0 Å². The van der Waals surface area contributed by atoms with Crippen molar-refractivity contribution < 1.29 is 14.3 Å². The predicted molar refractivity (Wildman–Crippen MR) is 91.8 cm³/mol. The van der Waals surface area contributed by atoms with E-state index in [0.29, 0.717) is 12.8 Å². The van der Waals surface area contributed by atoms with Gasteiger partial charge in [-0.15, -0.1) is 0 Å². The molecule has 6 nitrogen and oxygen atoms in total. The van der Waals surface area contributed by atoms with E-state index in [9.17, 15) is 9.59 Å².